The SMILES string of the molecule is CCN(CC1CCCO1)S(=O)(=O)c1cccnc1CN. The van der Waals surface area contributed by atoms with Crippen LogP contribution in [0.3, 0.4) is 0 Å². The number of hydrogen-bond donors (Lipinski definition) is 1. The minimum absolute atomic E-state index is 0.0114. The number of likely N-dealkylation sites (N-methyl/N-ethyl adjacent to an activating group) is 1. The van der Waals surface area contributed by atoms with Crippen molar-refractivity contribution in [3.8, 4) is 0 Å². The molecule has 0 spiro atoms. The van der Waals surface area contributed by atoms with E-state index in [4.69, 9.17) is 10.5 Å². The van der Waals surface area contributed by atoms with E-state index in [1.54, 1.807) is 18.3 Å². The summed E-state index contributed by atoms with van der Waals surface area (Å²) in [6.45, 7) is 3.43. The van der Waals surface area contributed by atoms with Crippen molar-refractivity contribution in [3.05, 3.63) is 24.0 Å². The zero-order chi connectivity index (χ0) is 14.6. The van der Waals surface area contributed by atoms with Crippen LogP contribution in [-0.2, 0) is 21.3 Å². The summed E-state index contributed by atoms with van der Waals surface area (Å²) < 4.78 is 32.4. The number of pyridine rings is 1. The molecule has 1 aliphatic heterocycles. The second kappa shape index (κ2) is 6.62. The number of rotatable bonds is 6. The lowest BCUT2D eigenvalue weighted by Gasteiger charge is -2.24. The van der Waals surface area contributed by atoms with Crippen molar-refractivity contribution in [2.45, 2.75) is 37.3 Å². The minimum atomic E-state index is -3.57. The van der Waals surface area contributed by atoms with Gasteiger partial charge in [-0.25, -0.2) is 8.42 Å². The van der Waals surface area contributed by atoms with Crippen LogP contribution < -0.4 is 5.73 Å². The van der Waals surface area contributed by atoms with Crippen molar-refractivity contribution in [2.75, 3.05) is 19.7 Å². The predicted octanol–water partition coefficient (Wildman–Crippen LogP) is 0.730. The molecular weight excluding hydrogens is 278 g/mol. The summed E-state index contributed by atoms with van der Waals surface area (Å²) in [6.07, 6.45) is 3.44. The highest BCUT2D eigenvalue weighted by molar-refractivity contribution is 7.89. The molecule has 20 heavy (non-hydrogen) atoms. The molecule has 6 nitrogen and oxygen atoms in total. The van der Waals surface area contributed by atoms with Gasteiger partial charge in [-0.3, -0.25) is 4.98 Å². The van der Waals surface area contributed by atoms with E-state index in [2.05, 4.69) is 4.98 Å². The second-order valence-corrected chi connectivity index (χ2v) is 6.65. The summed E-state index contributed by atoms with van der Waals surface area (Å²) >= 11 is 0. The summed E-state index contributed by atoms with van der Waals surface area (Å²) in [7, 11) is -3.57. The van der Waals surface area contributed by atoms with Gasteiger partial charge in [0.15, 0.2) is 0 Å². The molecule has 1 aromatic rings. The molecule has 0 bridgehead atoms. The van der Waals surface area contributed by atoms with Crippen LogP contribution in [0.25, 0.3) is 0 Å². The van der Waals surface area contributed by atoms with Crippen molar-refractivity contribution >= 4 is 10.0 Å². The summed E-state index contributed by atoms with van der Waals surface area (Å²) in [5.74, 6) is 0. The van der Waals surface area contributed by atoms with Gasteiger partial charge in [0, 0.05) is 32.4 Å². The third-order valence-electron chi connectivity index (χ3n) is 3.44. The molecule has 1 aliphatic rings. The Balaban J connectivity index is 2.26. The zero-order valence-electron chi connectivity index (χ0n) is 11.7. The molecule has 0 saturated carbocycles. The molecule has 1 aromatic heterocycles. The average molecular weight is 299 g/mol. The van der Waals surface area contributed by atoms with E-state index in [0.29, 0.717) is 25.4 Å². The van der Waals surface area contributed by atoms with Gasteiger partial charge in [-0.1, -0.05) is 6.92 Å². The summed E-state index contributed by atoms with van der Waals surface area (Å²) in [4.78, 5) is 4.25. The maximum Gasteiger partial charge on any atom is 0.245 e. The molecule has 2 N–H and O–H groups in total. The molecule has 1 fully saturated rings. The Kier molecular flexibility index (Phi) is 5.09. The van der Waals surface area contributed by atoms with Crippen molar-refractivity contribution in [1.29, 1.82) is 0 Å². The quantitative estimate of drug-likeness (QED) is 0.837. The third kappa shape index (κ3) is 3.17. The number of aromatic nitrogens is 1. The number of sulfonamides is 1. The highest BCUT2D eigenvalue weighted by Crippen LogP contribution is 2.21. The molecule has 1 atom stereocenters. The molecule has 7 heteroatoms. The number of nitrogens with two attached hydrogens (primary N) is 1. The monoisotopic (exact) mass is 299 g/mol. The number of nitrogens with zero attached hydrogens (tertiary/aromatic N) is 2. The Labute approximate surface area is 120 Å². The molecule has 1 saturated heterocycles. The smallest absolute Gasteiger partial charge is 0.245 e. The van der Waals surface area contributed by atoms with Gasteiger partial charge < -0.3 is 10.5 Å². The molecule has 0 radical (unpaired) electrons. The highest BCUT2D eigenvalue weighted by atomic mass is 32.2. The van der Waals surface area contributed by atoms with Crippen molar-refractivity contribution < 1.29 is 13.2 Å². The van der Waals surface area contributed by atoms with Gasteiger partial charge in [0.05, 0.1) is 11.8 Å². The Morgan fingerprint density at radius 2 is 2.35 bits per heavy atom. The van der Waals surface area contributed by atoms with E-state index < -0.39 is 10.0 Å². The fourth-order valence-corrected chi connectivity index (χ4v) is 4.03. The first-order chi connectivity index (χ1) is 9.59. The van der Waals surface area contributed by atoms with Crippen LogP contribution in [0.2, 0.25) is 0 Å². The van der Waals surface area contributed by atoms with Gasteiger partial charge in [0.1, 0.15) is 4.90 Å². The molecular formula is C13H21N3O3S. The lowest BCUT2D eigenvalue weighted by molar-refractivity contribution is 0.0946. The van der Waals surface area contributed by atoms with Crippen molar-refractivity contribution in [2.24, 2.45) is 5.73 Å². The van der Waals surface area contributed by atoms with E-state index in [9.17, 15) is 8.42 Å². The number of hydrogen-bond acceptors (Lipinski definition) is 5. The second-order valence-electron chi connectivity index (χ2n) is 4.74. The first kappa shape index (κ1) is 15.4. The lowest BCUT2D eigenvalue weighted by atomic mass is 10.2. The number of ether oxygens (including phenoxy) is 1. The van der Waals surface area contributed by atoms with Gasteiger partial charge in [-0.05, 0) is 25.0 Å². The zero-order valence-corrected chi connectivity index (χ0v) is 12.5. The fourth-order valence-electron chi connectivity index (χ4n) is 2.36. The Bertz CT molecular complexity index is 542. The Morgan fingerprint density at radius 3 is 2.95 bits per heavy atom. The van der Waals surface area contributed by atoms with Gasteiger partial charge in [-0.15, -0.1) is 0 Å². The van der Waals surface area contributed by atoms with Gasteiger partial charge in [-0.2, -0.15) is 4.31 Å². The maximum absolute atomic E-state index is 12.7. The molecule has 2 rings (SSSR count). The summed E-state index contributed by atoms with van der Waals surface area (Å²) in [5, 5.41) is 0. The van der Waals surface area contributed by atoms with E-state index in [0.717, 1.165) is 12.8 Å². The minimum Gasteiger partial charge on any atom is -0.377 e. The third-order valence-corrected chi connectivity index (χ3v) is 5.46. The fraction of sp³-hybridized carbons (Fsp3) is 0.615. The van der Waals surface area contributed by atoms with Crippen LogP contribution in [0.5, 0.6) is 0 Å². The van der Waals surface area contributed by atoms with Crippen LogP contribution in [0, 0.1) is 0 Å². The summed E-state index contributed by atoms with van der Waals surface area (Å²) in [5.41, 5.74) is 5.98. The van der Waals surface area contributed by atoms with Crippen LogP contribution in [-0.4, -0.2) is 43.5 Å². The molecule has 1 unspecified atom stereocenters. The molecule has 2 heterocycles. The summed E-state index contributed by atoms with van der Waals surface area (Å²) in [6, 6.07) is 3.18. The normalized spacial score (nSPS) is 19.6. The van der Waals surface area contributed by atoms with Gasteiger partial charge in [0.25, 0.3) is 0 Å². The molecule has 112 valence electrons. The van der Waals surface area contributed by atoms with Crippen LogP contribution in [0.4, 0.5) is 0 Å². The standard InChI is InChI=1S/C13H21N3O3S/c1-2-16(10-11-5-4-8-19-11)20(17,18)13-6-3-7-15-12(13)9-14/h3,6-7,11H,2,4-5,8-10,14H2,1H3. The van der Waals surface area contributed by atoms with Crippen LogP contribution in [0.1, 0.15) is 25.5 Å². The van der Waals surface area contributed by atoms with E-state index in [1.807, 2.05) is 6.92 Å². The predicted molar refractivity (Wildman–Crippen MR) is 75.5 cm³/mol. The Morgan fingerprint density at radius 1 is 1.55 bits per heavy atom. The largest absolute Gasteiger partial charge is 0.377 e. The Hall–Kier alpha value is -1.02. The topological polar surface area (TPSA) is 85.5 Å². The highest BCUT2D eigenvalue weighted by Gasteiger charge is 2.29. The van der Waals surface area contributed by atoms with Gasteiger partial charge >= 0.3 is 0 Å². The van der Waals surface area contributed by atoms with Crippen molar-refractivity contribution in [3.63, 3.8) is 0 Å². The molecule has 0 amide bonds. The first-order valence-corrected chi connectivity index (χ1v) is 8.29. The maximum atomic E-state index is 12.7. The van der Waals surface area contributed by atoms with E-state index in [1.165, 1.54) is 4.31 Å². The van der Waals surface area contributed by atoms with Gasteiger partial charge in [0.2, 0.25) is 10.0 Å². The van der Waals surface area contributed by atoms with E-state index >= 15 is 0 Å². The lowest BCUT2D eigenvalue weighted by Crippen LogP contribution is -2.37. The molecule has 0 aromatic carbocycles. The molecule has 0 aliphatic carbocycles. The van der Waals surface area contributed by atoms with E-state index in [-0.39, 0.29) is 17.5 Å². The van der Waals surface area contributed by atoms with Crippen LogP contribution >= 0.6 is 0 Å². The average Bonchev–Trinajstić information content (AvgIpc) is 2.97. The first-order valence-electron chi connectivity index (χ1n) is 6.85. The van der Waals surface area contributed by atoms with Crippen LogP contribution in [0.15, 0.2) is 23.2 Å². The van der Waals surface area contributed by atoms with Crippen molar-refractivity contribution in [1.82, 2.24) is 9.29 Å².